The number of piperidine rings is 1. The first kappa shape index (κ1) is 20.2. The van der Waals surface area contributed by atoms with E-state index in [-0.39, 0.29) is 23.6 Å². The molecule has 2 aliphatic rings. The van der Waals surface area contributed by atoms with Gasteiger partial charge in [0.2, 0.25) is 0 Å². The highest BCUT2D eigenvalue weighted by Gasteiger charge is 2.35. The van der Waals surface area contributed by atoms with E-state index in [9.17, 15) is 9.59 Å². The average molecular weight is 417 g/mol. The van der Waals surface area contributed by atoms with Crippen molar-refractivity contribution in [3.63, 3.8) is 0 Å². The molecule has 0 spiro atoms. The van der Waals surface area contributed by atoms with Gasteiger partial charge >= 0.3 is 5.69 Å². The molecule has 1 aliphatic carbocycles. The number of rotatable bonds is 7. The zero-order chi connectivity index (χ0) is 20.4. The Balaban J connectivity index is 1.59. The van der Waals surface area contributed by atoms with Gasteiger partial charge in [-0.3, -0.25) is 9.36 Å². The van der Waals surface area contributed by atoms with Gasteiger partial charge in [0, 0.05) is 37.1 Å². The van der Waals surface area contributed by atoms with Gasteiger partial charge in [0.15, 0.2) is 0 Å². The molecule has 7 nitrogen and oxygen atoms in total. The van der Waals surface area contributed by atoms with E-state index in [4.69, 9.17) is 4.74 Å². The maximum absolute atomic E-state index is 13.2. The summed E-state index contributed by atoms with van der Waals surface area (Å²) in [5.74, 6) is 0.995. The van der Waals surface area contributed by atoms with Gasteiger partial charge in [-0.25, -0.2) is 9.48 Å². The number of hydrogen-bond acceptors (Lipinski definition) is 5. The fourth-order valence-electron chi connectivity index (χ4n) is 4.08. The van der Waals surface area contributed by atoms with E-state index in [2.05, 4.69) is 5.10 Å². The monoisotopic (exact) mass is 416 g/mol. The summed E-state index contributed by atoms with van der Waals surface area (Å²) in [4.78, 5) is 29.0. The zero-order valence-electron chi connectivity index (χ0n) is 17.0. The van der Waals surface area contributed by atoms with Crippen LogP contribution in [0.25, 0.3) is 0 Å². The van der Waals surface area contributed by atoms with Crippen molar-refractivity contribution >= 4 is 17.7 Å². The molecule has 0 N–H and O–H groups in total. The lowest BCUT2D eigenvalue weighted by atomic mass is 9.96. The number of likely N-dealkylation sites (tertiary alicyclic amines) is 1. The van der Waals surface area contributed by atoms with Crippen LogP contribution in [0.5, 0.6) is 0 Å². The number of thioether (sulfide) groups is 1. The number of methoxy groups -OCH3 is 1. The summed E-state index contributed by atoms with van der Waals surface area (Å²) in [6, 6.07) is 8.02. The van der Waals surface area contributed by atoms with Gasteiger partial charge in [0.25, 0.3) is 5.91 Å². The Morgan fingerprint density at radius 3 is 2.79 bits per heavy atom. The van der Waals surface area contributed by atoms with Crippen LogP contribution < -0.4 is 5.69 Å². The predicted octanol–water partition coefficient (Wildman–Crippen LogP) is 2.77. The van der Waals surface area contributed by atoms with Crippen molar-refractivity contribution in [3.05, 3.63) is 46.1 Å². The molecule has 1 atom stereocenters. The molecular formula is C21H28N4O3S. The first-order valence-corrected chi connectivity index (χ1v) is 11.5. The molecule has 1 aliphatic heterocycles. The molecule has 0 bridgehead atoms. The van der Waals surface area contributed by atoms with E-state index in [0.717, 1.165) is 48.5 Å². The summed E-state index contributed by atoms with van der Waals surface area (Å²) in [6.45, 7) is 2.27. The lowest BCUT2D eigenvalue weighted by Gasteiger charge is -2.32. The molecule has 2 fully saturated rings. The Bertz CT molecular complexity index is 934. The van der Waals surface area contributed by atoms with Crippen LogP contribution in [0.2, 0.25) is 0 Å². The Morgan fingerprint density at radius 1 is 1.28 bits per heavy atom. The number of benzene rings is 1. The first-order valence-electron chi connectivity index (χ1n) is 10.2. The summed E-state index contributed by atoms with van der Waals surface area (Å²) in [5.41, 5.74) is 0.710. The zero-order valence-corrected chi connectivity index (χ0v) is 17.9. The summed E-state index contributed by atoms with van der Waals surface area (Å²) < 4.78 is 8.53. The van der Waals surface area contributed by atoms with Crippen molar-refractivity contribution in [1.82, 2.24) is 19.2 Å². The first-order chi connectivity index (χ1) is 14.1. The molecule has 1 saturated heterocycles. The van der Waals surface area contributed by atoms with Gasteiger partial charge in [-0.1, -0.05) is 12.1 Å². The number of nitrogens with zero attached hydrogens (tertiary/aromatic N) is 4. The van der Waals surface area contributed by atoms with E-state index in [0.29, 0.717) is 19.7 Å². The standard InChI is InChI=1S/C21H28N4O3S/c1-28-13-12-24-21(27)25(16-9-10-16)19(22-24)15-6-5-11-23(14-15)20(26)17-7-3-4-8-18(17)29-2/h3-4,7-8,15-16H,5-6,9-14H2,1-2H3. The lowest BCUT2D eigenvalue weighted by Crippen LogP contribution is -2.40. The van der Waals surface area contributed by atoms with Gasteiger partial charge in [0.1, 0.15) is 5.82 Å². The van der Waals surface area contributed by atoms with Crippen LogP contribution in [-0.4, -0.2) is 58.2 Å². The van der Waals surface area contributed by atoms with E-state index in [1.54, 1.807) is 18.9 Å². The van der Waals surface area contributed by atoms with Crippen molar-refractivity contribution in [3.8, 4) is 0 Å². The smallest absolute Gasteiger partial charge is 0.346 e. The predicted molar refractivity (Wildman–Crippen MR) is 113 cm³/mol. The van der Waals surface area contributed by atoms with Crippen molar-refractivity contribution in [1.29, 1.82) is 0 Å². The third kappa shape index (κ3) is 4.14. The van der Waals surface area contributed by atoms with Gasteiger partial charge in [-0.2, -0.15) is 5.10 Å². The summed E-state index contributed by atoms with van der Waals surface area (Å²) in [7, 11) is 1.63. The Morgan fingerprint density at radius 2 is 2.07 bits per heavy atom. The summed E-state index contributed by atoms with van der Waals surface area (Å²) >= 11 is 1.59. The molecule has 1 amide bonds. The minimum absolute atomic E-state index is 0.0456. The molecule has 2 aromatic rings. The average Bonchev–Trinajstić information content (AvgIpc) is 3.55. The highest BCUT2D eigenvalue weighted by Crippen LogP contribution is 2.37. The van der Waals surface area contributed by atoms with Crippen LogP contribution in [0.15, 0.2) is 34.0 Å². The minimum Gasteiger partial charge on any atom is -0.383 e. The van der Waals surface area contributed by atoms with Crippen LogP contribution in [-0.2, 0) is 11.3 Å². The Kier molecular flexibility index (Phi) is 6.10. The molecule has 1 aromatic carbocycles. The number of aromatic nitrogens is 3. The molecule has 156 valence electrons. The molecule has 29 heavy (non-hydrogen) atoms. The van der Waals surface area contributed by atoms with Crippen molar-refractivity contribution in [2.45, 2.75) is 49.1 Å². The second-order valence-corrected chi connectivity index (χ2v) is 8.60. The quantitative estimate of drug-likeness (QED) is 0.649. The molecule has 8 heteroatoms. The third-order valence-electron chi connectivity index (χ3n) is 5.73. The largest absolute Gasteiger partial charge is 0.383 e. The number of carbonyl (C=O) groups is 1. The van der Waals surface area contributed by atoms with Gasteiger partial charge in [0.05, 0.1) is 18.7 Å². The number of ether oxygens (including phenoxy) is 1. The SMILES string of the molecule is COCCn1nc(C2CCCN(C(=O)c3ccccc3SC)C2)n(C2CC2)c1=O. The van der Waals surface area contributed by atoms with Crippen molar-refractivity contribution in [2.75, 3.05) is 33.1 Å². The van der Waals surface area contributed by atoms with Gasteiger partial charge in [-0.05, 0) is 44.1 Å². The maximum Gasteiger partial charge on any atom is 0.346 e. The van der Waals surface area contributed by atoms with Crippen LogP contribution in [0.1, 0.15) is 53.8 Å². The van der Waals surface area contributed by atoms with E-state index < -0.39 is 0 Å². The molecule has 2 heterocycles. The fourth-order valence-corrected chi connectivity index (χ4v) is 4.67. The summed E-state index contributed by atoms with van der Waals surface area (Å²) in [6.07, 6.45) is 5.91. The Labute approximate surface area is 175 Å². The number of hydrogen-bond donors (Lipinski definition) is 0. The molecule has 0 radical (unpaired) electrons. The molecule has 1 aromatic heterocycles. The van der Waals surface area contributed by atoms with Crippen LogP contribution in [0.3, 0.4) is 0 Å². The molecule has 1 saturated carbocycles. The van der Waals surface area contributed by atoms with E-state index in [1.165, 1.54) is 4.68 Å². The second-order valence-electron chi connectivity index (χ2n) is 7.75. The van der Waals surface area contributed by atoms with Crippen LogP contribution in [0, 0.1) is 0 Å². The minimum atomic E-state index is -0.0456. The highest BCUT2D eigenvalue weighted by molar-refractivity contribution is 7.98. The molecular weight excluding hydrogens is 388 g/mol. The third-order valence-corrected chi connectivity index (χ3v) is 6.52. The van der Waals surface area contributed by atoms with Crippen LogP contribution in [0.4, 0.5) is 0 Å². The van der Waals surface area contributed by atoms with Crippen LogP contribution >= 0.6 is 11.8 Å². The van der Waals surface area contributed by atoms with E-state index >= 15 is 0 Å². The molecule has 4 rings (SSSR count). The van der Waals surface area contributed by atoms with Gasteiger partial charge < -0.3 is 9.64 Å². The van der Waals surface area contributed by atoms with E-state index in [1.807, 2.05) is 40.0 Å². The highest BCUT2D eigenvalue weighted by atomic mass is 32.2. The maximum atomic E-state index is 13.2. The molecule has 1 unspecified atom stereocenters. The topological polar surface area (TPSA) is 69.4 Å². The number of carbonyl (C=O) groups excluding carboxylic acids is 1. The normalized spacial score (nSPS) is 19.5. The number of amides is 1. The van der Waals surface area contributed by atoms with Crippen molar-refractivity contribution < 1.29 is 9.53 Å². The second kappa shape index (κ2) is 8.75. The Hall–Kier alpha value is -2.06. The van der Waals surface area contributed by atoms with Crippen molar-refractivity contribution in [2.24, 2.45) is 0 Å². The van der Waals surface area contributed by atoms with Gasteiger partial charge in [-0.15, -0.1) is 11.8 Å². The summed E-state index contributed by atoms with van der Waals surface area (Å²) in [5, 5.41) is 4.68. The fraction of sp³-hybridized carbons (Fsp3) is 0.571. The lowest BCUT2D eigenvalue weighted by molar-refractivity contribution is 0.0699.